The molecule has 1 saturated carbocycles. The van der Waals surface area contributed by atoms with Gasteiger partial charge >= 0.3 is 0 Å². The van der Waals surface area contributed by atoms with Crippen molar-refractivity contribution in [3.63, 3.8) is 0 Å². The van der Waals surface area contributed by atoms with Crippen molar-refractivity contribution in [2.24, 2.45) is 5.73 Å². The summed E-state index contributed by atoms with van der Waals surface area (Å²) in [5.41, 5.74) is 6.24. The molecule has 5 heteroatoms. The molecule has 4 nitrogen and oxygen atoms in total. The molecule has 0 amide bonds. The quantitative estimate of drug-likeness (QED) is 0.685. The van der Waals surface area contributed by atoms with E-state index < -0.39 is 11.1 Å². The summed E-state index contributed by atoms with van der Waals surface area (Å²) < 4.78 is 19.2. The fourth-order valence-electron chi connectivity index (χ4n) is 1.91. The van der Waals surface area contributed by atoms with Gasteiger partial charge in [-0.2, -0.15) is 0 Å². The second kappa shape index (κ2) is 7.51. The maximum Gasteiger partial charge on any atom is 0.190 e. The van der Waals surface area contributed by atoms with E-state index in [9.17, 15) is 9.32 Å². The molecule has 2 rings (SSSR count). The molecule has 102 valence electrons. The molecular formula is C13H21NO3S. The van der Waals surface area contributed by atoms with Gasteiger partial charge in [0.1, 0.15) is 10.6 Å². The average molecular weight is 271 g/mol. The van der Waals surface area contributed by atoms with Crippen molar-refractivity contribution in [1.82, 2.24) is 0 Å². The second-order valence-electron chi connectivity index (χ2n) is 4.57. The number of hydrogen-bond acceptors (Lipinski definition) is 3. The minimum absolute atomic E-state index is 0.0602. The number of benzene rings is 1. The Hall–Kier alpha value is -0.910. The molecule has 4 N–H and O–H groups in total. The minimum atomic E-state index is -2.10. The van der Waals surface area contributed by atoms with E-state index in [-0.39, 0.29) is 10.6 Å². The lowest BCUT2D eigenvalue weighted by Crippen LogP contribution is -2.22. The Morgan fingerprint density at radius 2 is 1.89 bits per heavy atom. The molecule has 18 heavy (non-hydrogen) atoms. The molecule has 1 aliphatic carbocycles. The van der Waals surface area contributed by atoms with Crippen LogP contribution in [-0.2, 0) is 11.1 Å². The summed E-state index contributed by atoms with van der Waals surface area (Å²) in [6, 6.07) is 5.25. The van der Waals surface area contributed by atoms with E-state index in [4.69, 9.17) is 10.3 Å². The first-order chi connectivity index (χ1) is 8.52. The van der Waals surface area contributed by atoms with Crippen LogP contribution in [0.25, 0.3) is 0 Å². The Morgan fingerprint density at radius 1 is 1.28 bits per heavy atom. The summed E-state index contributed by atoms with van der Waals surface area (Å²) >= 11 is -2.10. The number of phenols is 1. The van der Waals surface area contributed by atoms with E-state index in [0.29, 0.717) is 11.6 Å². The molecule has 1 unspecified atom stereocenters. The van der Waals surface area contributed by atoms with Crippen LogP contribution in [0.5, 0.6) is 5.75 Å². The lowest BCUT2D eigenvalue weighted by molar-refractivity contribution is 0.441. The Morgan fingerprint density at radius 3 is 2.28 bits per heavy atom. The topological polar surface area (TPSA) is 83.5 Å². The summed E-state index contributed by atoms with van der Waals surface area (Å²) in [4.78, 5) is 0.0602. The monoisotopic (exact) mass is 271 g/mol. The maximum atomic E-state index is 10.5. The zero-order valence-corrected chi connectivity index (χ0v) is 11.4. The van der Waals surface area contributed by atoms with Crippen LogP contribution >= 0.6 is 0 Å². The van der Waals surface area contributed by atoms with E-state index in [1.165, 1.54) is 38.2 Å². The molecule has 1 aromatic rings. The van der Waals surface area contributed by atoms with Crippen LogP contribution in [0.4, 0.5) is 0 Å². The van der Waals surface area contributed by atoms with Crippen LogP contribution in [0.3, 0.4) is 0 Å². The lowest BCUT2D eigenvalue weighted by Gasteiger charge is -2.15. The van der Waals surface area contributed by atoms with Gasteiger partial charge in [-0.05, 0) is 31.4 Å². The van der Waals surface area contributed by atoms with Gasteiger partial charge in [0, 0.05) is 6.04 Å². The summed E-state index contributed by atoms with van der Waals surface area (Å²) in [7, 11) is 0. The molecule has 0 saturated heterocycles. The summed E-state index contributed by atoms with van der Waals surface area (Å²) in [6.45, 7) is 1.67. The first kappa shape index (κ1) is 15.1. The first-order valence-corrected chi connectivity index (χ1v) is 7.28. The highest BCUT2D eigenvalue weighted by Crippen LogP contribution is 2.23. The van der Waals surface area contributed by atoms with Crippen LogP contribution in [-0.4, -0.2) is 19.9 Å². The molecule has 1 atom stereocenters. The van der Waals surface area contributed by atoms with Crippen LogP contribution in [0.1, 0.15) is 37.7 Å². The standard InChI is InChI=1S/C7H8O3S.C6H13N/c1-5-3-2-4-6(7(5)8)11(9)10;7-6-4-2-1-3-5-6/h2-4,8H,1H3,(H,9,10);6H,1-5,7H2. The fourth-order valence-corrected chi connectivity index (χ4v) is 2.43. The van der Waals surface area contributed by atoms with Gasteiger partial charge < -0.3 is 15.4 Å². The van der Waals surface area contributed by atoms with Gasteiger partial charge in [0.25, 0.3) is 0 Å². The zero-order valence-electron chi connectivity index (χ0n) is 10.6. The van der Waals surface area contributed by atoms with Crippen molar-refractivity contribution < 1.29 is 13.9 Å². The Bertz CT molecular complexity index is 403. The highest BCUT2D eigenvalue weighted by Gasteiger charge is 2.07. The number of phenolic OH excluding ortho intramolecular Hbond substituents is 1. The molecule has 1 fully saturated rings. The number of aryl methyl sites for hydroxylation is 1. The SMILES string of the molecule is Cc1cccc(S(=O)O)c1O.NC1CCCCC1. The Balaban J connectivity index is 0.000000199. The van der Waals surface area contributed by atoms with Crippen molar-refractivity contribution >= 4 is 11.1 Å². The van der Waals surface area contributed by atoms with E-state index in [1.807, 2.05) is 0 Å². The van der Waals surface area contributed by atoms with Gasteiger partial charge in [-0.25, -0.2) is 4.21 Å². The van der Waals surface area contributed by atoms with Crippen molar-refractivity contribution in [1.29, 1.82) is 0 Å². The molecule has 0 spiro atoms. The molecule has 0 radical (unpaired) electrons. The number of nitrogens with two attached hydrogens (primary N) is 1. The molecule has 0 aromatic heterocycles. The average Bonchev–Trinajstić information content (AvgIpc) is 2.34. The smallest absolute Gasteiger partial charge is 0.190 e. The second-order valence-corrected chi connectivity index (χ2v) is 5.51. The number of para-hydroxylation sites is 1. The van der Waals surface area contributed by atoms with Gasteiger partial charge in [-0.3, -0.25) is 0 Å². The molecular weight excluding hydrogens is 250 g/mol. The number of hydrogen-bond donors (Lipinski definition) is 3. The number of aromatic hydroxyl groups is 1. The van der Waals surface area contributed by atoms with E-state index in [0.717, 1.165) is 0 Å². The van der Waals surface area contributed by atoms with Crippen LogP contribution in [0.15, 0.2) is 23.1 Å². The van der Waals surface area contributed by atoms with Gasteiger partial charge in [0.15, 0.2) is 11.1 Å². The van der Waals surface area contributed by atoms with Gasteiger partial charge in [0.05, 0.1) is 0 Å². The third-order valence-electron chi connectivity index (χ3n) is 3.04. The maximum absolute atomic E-state index is 10.5. The first-order valence-electron chi connectivity index (χ1n) is 6.17. The van der Waals surface area contributed by atoms with Crippen molar-refractivity contribution in [2.75, 3.05) is 0 Å². The van der Waals surface area contributed by atoms with Gasteiger partial charge in [0.2, 0.25) is 0 Å². The summed E-state index contributed by atoms with van der Waals surface area (Å²) in [5, 5.41) is 9.21. The van der Waals surface area contributed by atoms with Crippen LogP contribution in [0.2, 0.25) is 0 Å². The third-order valence-corrected chi connectivity index (χ3v) is 3.74. The largest absolute Gasteiger partial charge is 0.506 e. The predicted molar refractivity (Wildman–Crippen MR) is 72.9 cm³/mol. The van der Waals surface area contributed by atoms with Crippen molar-refractivity contribution in [2.45, 2.75) is 50.0 Å². The van der Waals surface area contributed by atoms with Gasteiger partial charge in [-0.1, -0.05) is 31.4 Å². The lowest BCUT2D eigenvalue weighted by atomic mass is 9.97. The highest BCUT2D eigenvalue weighted by molar-refractivity contribution is 7.79. The molecule has 1 aliphatic rings. The van der Waals surface area contributed by atoms with Gasteiger partial charge in [-0.15, -0.1) is 0 Å². The van der Waals surface area contributed by atoms with E-state index in [2.05, 4.69) is 0 Å². The zero-order chi connectivity index (χ0) is 13.5. The van der Waals surface area contributed by atoms with E-state index in [1.54, 1.807) is 19.1 Å². The molecule has 0 heterocycles. The molecule has 1 aromatic carbocycles. The van der Waals surface area contributed by atoms with Crippen molar-refractivity contribution in [3.8, 4) is 5.75 Å². The normalized spacial score (nSPS) is 17.7. The Kier molecular flexibility index (Phi) is 6.32. The molecule has 0 aliphatic heterocycles. The molecule has 0 bridgehead atoms. The van der Waals surface area contributed by atoms with E-state index >= 15 is 0 Å². The van der Waals surface area contributed by atoms with Crippen molar-refractivity contribution in [3.05, 3.63) is 23.8 Å². The predicted octanol–water partition coefficient (Wildman–Crippen LogP) is 2.56. The third kappa shape index (κ3) is 4.76. The van der Waals surface area contributed by atoms with Crippen LogP contribution in [0, 0.1) is 6.92 Å². The highest BCUT2D eigenvalue weighted by atomic mass is 32.2. The Labute approximate surface area is 110 Å². The van der Waals surface area contributed by atoms with Crippen LogP contribution < -0.4 is 5.73 Å². The fraction of sp³-hybridized carbons (Fsp3) is 0.538. The summed E-state index contributed by atoms with van der Waals surface area (Å²) in [6.07, 6.45) is 6.66. The summed E-state index contributed by atoms with van der Waals surface area (Å²) in [5.74, 6) is -0.103. The minimum Gasteiger partial charge on any atom is -0.506 e. The number of rotatable bonds is 1.